The third-order valence-corrected chi connectivity index (χ3v) is 6.29. The van der Waals surface area contributed by atoms with E-state index in [0.29, 0.717) is 0 Å². The Morgan fingerprint density at radius 3 is 1.26 bits per heavy atom. The van der Waals surface area contributed by atoms with Gasteiger partial charge in [-0.1, -0.05) is 19.3 Å². The monoisotopic (exact) mass is 380 g/mol. The normalized spacial score (nSPS) is 10.9. The van der Waals surface area contributed by atoms with Crippen LogP contribution in [-0.4, -0.2) is 11.5 Å². The highest BCUT2D eigenvalue weighted by Gasteiger charge is 1.97. The van der Waals surface area contributed by atoms with Crippen LogP contribution >= 0.6 is 48.8 Å². The van der Waals surface area contributed by atoms with Gasteiger partial charge in [0.1, 0.15) is 0 Å². The third kappa shape index (κ3) is 8.48. The van der Waals surface area contributed by atoms with E-state index in [0.717, 1.165) is 9.79 Å². The molecule has 0 radical (unpaired) electrons. The molecule has 0 N–H and O–H groups in total. The summed E-state index contributed by atoms with van der Waals surface area (Å²) in [5.74, 6) is 2.44. The predicted molar refractivity (Wildman–Crippen MR) is 112 cm³/mol. The molecule has 0 heterocycles. The molecule has 0 bridgehead atoms. The van der Waals surface area contributed by atoms with E-state index in [1.165, 1.54) is 53.4 Å². The van der Waals surface area contributed by atoms with Crippen molar-refractivity contribution in [2.24, 2.45) is 0 Å². The van der Waals surface area contributed by atoms with Gasteiger partial charge in [-0.15, -0.1) is 48.8 Å². The molecule has 0 aliphatic rings. The molecule has 0 aromatic heterocycles. The Morgan fingerprint density at radius 1 is 0.522 bits per heavy atom. The van der Waals surface area contributed by atoms with E-state index in [2.05, 4.69) is 73.8 Å². The zero-order chi connectivity index (χ0) is 16.3. The zero-order valence-corrected chi connectivity index (χ0v) is 16.7. The lowest BCUT2D eigenvalue weighted by molar-refractivity contribution is 0.662. The van der Waals surface area contributed by atoms with Crippen LogP contribution in [0.4, 0.5) is 0 Å². The van der Waals surface area contributed by atoms with Crippen LogP contribution < -0.4 is 0 Å². The number of hydrogen-bond donors (Lipinski definition) is 2. The Labute approximate surface area is 160 Å². The van der Waals surface area contributed by atoms with Gasteiger partial charge in [0, 0.05) is 19.6 Å². The van der Waals surface area contributed by atoms with Crippen LogP contribution in [0.25, 0.3) is 0 Å². The molecule has 4 heteroatoms. The molecule has 0 saturated heterocycles. The van der Waals surface area contributed by atoms with Gasteiger partial charge in [0.15, 0.2) is 0 Å². The summed E-state index contributed by atoms with van der Waals surface area (Å²) in [6.07, 6.45) is 6.66. The molecule has 2 aromatic carbocycles. The predicted octanol–water partition coefficient (Wildman–Crippen LogP) is 7.10. The maximum atomic E-state index is 4.31. The molecule has 0 atom stereocenters. The van der Waals surface area contributed by atoms with Gasteiger partial charge in [-0.05, 0) is 72.9 Å². The van der Waals surface area contributed by atoms with Crippen molar-refractivity contribution in [1.29, 1.82) is 0 Å². The van der Waals surface area contributed by atoms with E-state index < -0.39 is 0 Å². The van der Waals surface area contributed by atoms with Crippen molar-refractivity contribution in [3.05, 3.63) is 48.5 Å². The van der Waals surface area contributed by atoms with Crippen LogP contribution in [0, 0.1) is 0 Å². The van der Waals surface area contributed by atoms with Gasteiger partial charge >= 0.3 is 0 Å². The fourth-order valence-electron chi connectivity index (χ4n) is 2.20. The first-order chi connectivity index (χ1) is 11.2. The summed E-state index contributed by atoms with van der Waals surface area (Å²) in [6.45, 7) is 0. The van der Waals surface area contributed by atoms with Gasteiger partial charge in [-0.25, -0.2) is 0 Å². The third-order valence-electron chi connectivity index (χ3n) is 3.50. The van der Waals surface area contributed by atoms with E-state index in [1.807, 2.05) is 23.5 Å². The highest BCUT2D eigenvalue weighted by molar-refractivity contribution is 7.99. The van der Waals surface area contributed by atoms with Gasteiger partial charge in [-0.3, -0.25) is 0 Å². The Balaban J connectivity index is 1.43. The summed E-state index contributed by atoms with van der Waals surface area (Å²) in [5, 5.41) is 0. The van der Waals surface area contributed by atoms with E-state index >= 15 is 0 Å². The standard InChI is InChI=1S/C19H24S4/c20-16-6-10-18(11-7-16)22-14-4-2-1-3-5-15-23-19-12-8-17(21)9-13-19/h6-13,20-21H,1-5,14-15H2. The fourth-order valence-corrected chi connectivity index (χ4v) is 4.32. The molecule has 0 aliphatic heterocycles. The molecular formula is C19H24S4. The lowest BCUT2D eigenvalue weighted by Gasteiger charge is -2.04. The topological polar surface area (TPSA) is 0 Å². The first-order valence-electron chi connectivity index (χ1n) is 8.08. The van der Waals surface area contributed by atoms with Crippen LogP contribution in [0.5, 0.6) is 0 Å². The van der Waals surface area contributed by atoms with Crippen LogP contribution in [0.1, 0.15) is 32.1 Å². The molecule has 124 valence electrons. The summed E-state index contributed by atoms with van der Waals surface area (Å²) >= 11 is 12.5. The second kappa shape index (κ2) is 11.4. The Bertz CT molecular complexity index is 497. The summed E-state index contributed by atoms with van der Waals surface area (Å²) in [4.78, 5) is 4.78. The SMILES string of the molecule is Sc1ccc(SCCCCCCCSc2ccc(S)cc2)cc1. The molecular weight excluding hydrogens is 356 g/mol. The van der Waals surface area contributed by atoms with Crippen molar-refractivity contribution >= 4 is 48.8 Å². The summed E-state index contributed by atoms with van der Waals surface area (Å²) in [7, 11) is 0. The fraction of sp³-hybridized carbons (Fsp3) is 0.368. The summed E-state index contributed by atoms with van der Waals surface area (Å²) in [5.41, 5.74) is 0. The van der Waals surface area contributed by atoms with E-state index in [-0.39, 0.29) is 0 Å². The quantitative estimate of drug-likeness (QED) is 0.256. The lowest BCUT2D eigenvalue weighted by atomic mass is 10.2. The average molecular weight is 381 g/mol. The number of unbranched alkanes of at least 4 members (excludes halogenated alkanes) is 4. The summed E-state index contributed by atoms with van der Waals surface area (Å²) < 4.78 is 0. The van der Waals surface area contributed by atoms with Crippen LogP contribution in [-0.2, 0) is 0 Å². The second-order valence-corrected chi connectivity index (χ2v) is 8.82. The highest BCUT2D eigenvalue weighted by Crippen LogP contribution is 2.23. The first kappa shape index (κ1) is 19.2. The molecule has 0 amide bonds. The Morgan fingerprint density at radius 2 is 0.870 bits per heavy atom. The molecule has 0 aliphatic carbocycles. The number of rotatable bonds is 10. The molecule has 0 spiro atoms. The lowest BCUT2D eigenvalue weighted by Crippen LogP contribution is -1.85. The van der Waals surface area contributed by atoms with Gasteiger partial charge in [-0.2, -0.15) is 0 Å². The number of benzene rings is 2. The van der Waals surface area contributed by atoms with Gasteiger partial charge in [0.2, 0.25) is 0 Å². The summed E-state index contributed by atoms with van der Waals surface area (Å²) in [6, 6.07) is 16.9. The average Bonchev–Trinajstić information content (AvgIpc) is 2.56. The number of thiol groups is 2. The van der Waals surface area contributed by atoms with Crippen molar-refractivity contribution < 1.29 is 0 Å². The van der Waals surface area contributed by atoms with Crippen molar-refractivity contribution in [1.82, 2.24) is 0 Å². The van der Waals surface area contributed by atoms with Crippen molar-refractivity contribution in [3.63, 3.8) is 0 Å². The van der Waals surface area contributed by atoms with Gasteiger partial charge < -0.3 is 0 Å². The van der Waals surface area contributed by atoms with E-state index in [4.69, 9.17) is 0 Å². The molecule has 0 unspecified atom stereocenters. The number of thioether (sulfide) groups is 2. The van der Waals surface area contributed by atoms with Crippen molar-refractivity contribution in [3.8, 4) is 0 Å². The second-order valence-electron chi connectivity index (χ2n) is 5.45. The maximum absolute atomic E-state index is 4.31. The van der Waals surface area contributed by atoms with Crippen molar-refractivity contribution in [2.75, 3.05) is 11.5 Å². The van der Waals surface area contributed by atoms with Crippen LogP contribution in [0.3, 0.4) is 0 Å². The largest absolute Gasteiger partial charge is 0.143 e. The Kier molecular flexibility index (Phi) is 9.50. The van der Waals surface area contributed by atoms with Gasteiger partial charge in [0.05, 0.1) is 0 Å². The van der Waals surface area contributed by atoms with E-state index in [9.17, 15) is 0 Å². The molecule has 0 fully saturated rings. The Hall–Kier alpha value is -0.160. The number of hydrogen-bond acceptors (Lipinski definition) is 4. The highest BCUT2D eigenvalue weighted by atomic mass is 32.2. The minimum atomic E-state index is 1.04. The molecule has 2 aromatic rings. The smallest absolute Gasteiger partial charge is 0.00727 e. The maximum Gasteiger partial charge on any atom is 0.00727 e. The molecule has 0 nitrogen and oxygen atoms in total. The van der Waals surface area contributed by atoms with Crippen molar-refractivity contribution in [2.45, 2.75) is 51.7 Å². The molecule has 23 heavy (non-hydrogen) atoms. The van der Waals surface area contributed by atoms with Crippen LogP contribution in [0.2, 0.25) is 0 Å². The zero-order valence-electron chi connectivity index (χ0n) is 13.3. The minimum Gasteiger partial charge on any atom is -0.143 e. The molecule has 0 saturated carbocycles. The van der Waals surface area contributed by atoms with Crippen LogP contribution in [0.15, 0.2) is 68.1 Å². The minimum absolute atomic E-state index is 1.04. The molecule has 2 rings (SSSR count). The first-order valence-corrected chi connectivity index (χ1v) is 10.9. The van der Waals surface area contributed by atoms with E-state index in [1.54, 1.807) is 0 Å². The van der Waals surface area contributed by atoms with Gasteiger partial charge in [0.25, 0.3) is 0 Å².